The van der Waals surface area contributed by atoms with Crippen LogP contribution in [0.1, 0.15) is 18.1 Å². The molecule has 0 saturated carbocycles. The smallest absolute Gasteiger partial charge is 0.264 e. The van der Waals surface area contributed by atoms with E-state index in [2.05, 4.69) is 5.32 Å². The molecule has 3 rings (SSSR count). The SMILES string of the molecule is CNC(=O)[C@H](C)N(Cc1ccc(OC)cc1)C(=O)CN(c1ccc(C)cc1)S(=O)(=O)c1ccc(SC)cc1. The molecule has 0 spiro atoms. The monoisotopic (exact) mass is 555 g/mol. The Hall–Kier alpha value is -3.50. The molecule has 0 fully saturated rings. The number of carbonyl (C=O) groups excluding carboxylic acids is 2. The van der Waals surface area contributed by atoms with Gasteiger partial charge in [0.1, 0.15) is 18.3 Å². The fourth-order valence-corrected chi connectivity index (χ4v) is 5.66. The molecule has 0 radical (unpaired) electrons. The number of amides is 2. The number of thioether (sulfide) groups is 1. The van der Waals surface area contributed by atoms with E-state index in [0.717, 1.165) is 20.3 Å². The molecule has 3 aromatic rings. The number of carbonyl (C=O) groups is 2. The summed E-state index contributed by atoms with van der Waals surface area (Å²) in [6.45, 7) is 3.15. The molecule has 1 N–H and O–H groups in total. The first-order chi connectivity index (χ1) is 18.1. The molecule has 8 nitrogen and oxygen atoms in total. The largest absolute Gasteiger partial charge is 0.497 e. The summed E-state index contributed by atoms with van der Waals surface area (Å²) < 4.78 is 33.9. The van der Waals surface area contributed by atoms with Crippen LogP contribution in [0.15, 0.2) is 82.6 Å². The van der Waals surface area contributed by atoms with Gasteiger partial charge in [0.05, 0.1) is 17.7 Å². The summed E-state index contributed by atoms with van der Waals surface area (Å²) in [4.78, 5) is 28.7. The van der Waals surface area contributed by atoms with Gasteiger partial charge in [-0.15, -0.1) is 11.8 Å². The average Bonchev–Trinajstić information content (AvgIpc) is 2.94. The van der Waals surface area contributed by atoms with Gasteiger partial charge in [-0.3, -0.25) is 13.9 Å². The zero-order chi connectivity index (χ0) is 27.9. The van der Waals surface area contributed by atoms with Crippen molar-refractivity contribution in [3.63, 3.8) is 0 Å². The van der Waals surface area contributed by atoms with Crippen LogP contribution in [0.2, 0.25) is 0 Å². The van der Waals surface area contributed by atoms with E-state index in [1.54, 1.807) is 74.7 Å². The molecule has 0 aliphatic carbocycles. The number of aryl methyl sites for hydroxylation is 1. The van der Waals surface area contributed by atoms with Crippen LogP contribution in [0.25, 0.3) is 0 Å². The highest BCUT2D eigenvalue weighted by Gasteiger charge is 2.32. The molecule has 0 bridgehead atoms. The van der Waals surface area contributed by atoms with Crippen LogP contribution in [0.5, 0.6) is 5.75 Å². The van der Waals surface area contributed by atoms with E-state index in [4.69, 9.17) is 4.74 Å². The van der Waals surface area contributed by atoms with Crippen molar-refractivity contribution in [3.8, 4) is 5.75 Å². The fourth-order valence-electron chi connectivity index (χ4n) is 3.83. The molecule has 0 aromatic heterocycles. The lowest BCUT2D eigenvalue weighted by Crippen LogP contribution is -2.50. The third-order valence-electron chi connectivity index (χ3n) is 6.17. The van der Waals surface area contributed by atoms with Crippen molar-refractivity contribution in [1.82, 2.24) is 10.2 Å². The van der Waals surface area contributed by atoms with Crippen molar-refractivity contribution < 1.29 is 22.7 Å². The molecule has 2 amide bonds. The molecule has 10 heteroatoms. The molecule has 3 aromatic carbocycles. The number of hydrogen-bond acceptors (Lipinski definition) is 6. The number of benzene rings is 3. The summed E-state index contributed by atoms with van der Waals surface area (Å²) in [6.07, 6.45) is 1.91. The third-order valence-corrected chi connectivity index (χ3v) is 8.71. The Bertz CT molecular complexity index is 1340. The number of ether oxygens (including phenoxy) is 1. The molecule has 0 aliphatic rings. The van der Waals surface area contributed by atoms with Gasteiger partial charge in [0.25, 0.3) is 10.0 Å². The van der Waals surface area contributed by atoms with E-state index in [-0.39, 0.29) is 17.3 Å². The Morgan fingerprint density at radius 3 is 2.11 bits per heavy atom. The van der Waals surface area contributed by atoms with Crippen molar-refractivity contribution in [2.75, 3.05) is 31.3 Å². The number of likely N-dealkylation sites (N-methyl/N-ethyl adjacent to an activating group) is 1. The van der Waals surface area contributed by atoms with Crippen molar-refractivity contribution in [2.45, 2.75) is 36.2 Å². The van der Waals surface area contributed by atoms with Crippen LogP contribution in [0.3, 0.4) is 0 Å². The first kappa shape index (κ1) is 29.1. The highest BCUT2D eigenvalue weighted by atomic mass is 32.2. The summed E-state index contributed by atoms with van der Waals surface area (Å²) in [5.74, 6) is -0.207. The highest BCUT2D eigenvalue weighted by Crippen LogP contribution is 2.26. The Kier molecular flexibility index (Phi) is 9.82. The maximum Gasteiger partial charge on any atom is 0.264 e. The quantitative estimate of drug-likeness (QED) is 0.358. The number of sulfonamides is 1. The minimum Gasteiger partial charge on any atom is -0.497 e. The van der Waals surface area contributed by atoms with E-state index in [0.29, 0.717) is 11.4 Å². The van der Waals surface area contributed by atoms with Crippen molar-refractivity contribution in [2.24, 2.45) is 0 Å². The van der Waals surface area contributed by atoms with E-state index in [1.165, 1.54) is 35.8 Å². The van der Waals surface area contributed by atoms with Gasteiger partial charge in [0.2, 0.25) is 11.8 Å². The Morgan fingerprint density at radius 1 is 0.974 bits per heavy atom. The lowest BCUT2D eigenvalue weighted by Gasteiger charge is -2.31. The van der Waals surface area contributed by atoms with Gasteiger partial charge in [-0.2, -0.15) is 0 Å². The first-order valence-electron chi connectivity index (χ1n) is 12.0. The Balaban J connectivity index is 2.01. The van der Waals surface area contributed by atoms with Crippen LogP contribution < -0.4 is 14.4 Å². The molecular weight excluding hydrogens is 522 g/mol. The number of anilines is 1. The van der Waals surface area contributed by atoms with Gasteiger partial charge >= 0.3 is 0 Å². The summed E-state index contributed by atoms with van der Waals surface area (Å²) in [6, 6.07) is 19.8. The molecule has 0 saturated heterocycles. The minimum absolute atomic E-state index is 0.0738. The summed E-state index contributed by atoms with van der Waals surface area (Å²) in [5, 5.41) is 2.58. The number of hydrogen-bond donors (Lipinski definition) is 1. The Morgan fingerprint density at radius 2 is 1.58 bits per heavy atom. The molecule has 0 aliphatic heterocycles. The van der Waals surface area contributed by atoms with Gasteiger partial charge in [-0.1, -0.05) is 29.8 Å². The van der Waals surface area contributed by atoms with Crippen molar-refractivity contribution >= 4 is 39.3 Å². The number of rotatable bonds is 11. The standard InChI is InChI=1S/C28H33N3O5S2/c1-20-6-10-23(11-7-20)31(38(34,35)26-16-14-25(37-5)15-17-26)19-27(32)30(21(2)28(33)29-3)18-22-8-12-24(36-4)13-9-22/h6-17,21H,18-19H2,1-5H3,(H,29,33)/t21-/m0/s1. The van der Waals surface area contributed by atoms with Crippen molar-refractivity contribution in [3.05, 3.63) is 83.9 Å². The maximum atomic E-state index is 13.8. The molecule has 1 atom stereocenters. The number of nitrogens with one attached hydrogen (secondary N) is 1. The lowest BCUT2D eigenvalue weighted by atomic mass is 10.1. The van der Waals surface area contributed by atoms with E-state index in [1.807, 2.05) is 13.2 Å². The van der Waals surface area contributed by atoms with Gasteiger partial charge < -0.3 is 15.0 Å². The third kappa shape index (κ3) is 6.87. The lowest BCUT2D eigenvalue weighted by molar-refractivity contribution is -0.139. The summed E-state index contributed by atoms with van der Waals surface area (Å²) >= 11 is 1.51. The maximum absolute atomic E-state index is 13.8. The normalized spacial score (nSPS) is 11.9. The highest BCUT2D eigenvalue weighted by molar-refractivity contribution is 7.98. The topological polar surface area (TPSA) is 96.0 Å². The summed E-state index contributed by atoms with van der Waals surface area (Å²) in [7, 11) is -1.04. The van der Waals surface area contributed by atoms with Gasteiger partial charge in [0, 0.05) is 18.5 Å². The van der Waals surface area contributed by atoms with Gasteiger partial charge in [0.15, 0.2) is 0 Å². The summed E-state index contributed by atoms with van der Waals surface area (Å²) in [5.41, 5.74) is 2.08. The molecule has 202 valence electrons. The Labute approximate surface area is 229 Å². The molecular formula is C28H33N3O5S2. The van der Waals surface area contributed by atoms with Crippen LogP contribution in [-0.2, 0) is 26.2 Å². The van der Waals surface area contributed by atoms with E-state index in [9.17, 15) is 18.0 Å². The number of nitrogens with zero attached hydrogens (tertiary/aromatic N) is 2. The van der Waals surface area contributed by atoms with Crippen LogP contribution in [-0.4, -0.2) is 58.1 Å². The van der Waals surface area contributed by atoms with Gasteiger partial charge in [-0.05, 0) is 74.2 Å². The predicted octanol–water partition coefficient (Wildman–Crippen LogP) is 4.08. The minimum atomic E-state index is -4.09. The van der Waals surface area contributed by atoms with E-state index < -0.39 is 28.5 Å². The van der Waals surface area contributed by atoms with Gasteiger partial charge in [-0.25, -0.2) is 8.42 Å². The van der Waals surface area contributed by atoms with Crippen molar-refractivity contribution in [1.29, 1.82) is 0 Å². The molecule has 38 heavy (non-hydrogen) atoms. The second-order valence-corrected chi connectivity index (χ2v) is 11.4. The zero-order valence-electron chi connectivity index (χ0n) is 22.2. The predicted molar refractivity (Wildman–Crippen MR) is 151 cm³/mol. The van der Waals surface area contributed by atoms with Crippen LogP contribution in [0, 0.1) is 6.92 Å². The number of methoxy groups -OCH3 is 1. The van der Waals surface area contributed by atoms with E-state index >= 15 is 0 Å². The zero-order valence-corrected chi connectivity index (χ0v) is 23.8. The fraction of sp³-hybridized carbons (Fsp3) is 0.286. The second kappa shape index (κ2) is 12.8. The second-order valence-electron chi connectivity index (χ2n) is 8.68. The first-order valence-corrected chi connectivity index (χ1v) is 14.6. The average molecular weight is 556 g/mol. The molecule has 0 unspecified atom stereocenters. The molecule has 0 heterocycles. The van der Waals surface area contributed by atoms with Crippen LogP contribution in [0.4, 0.5) is 5.69 Å². The van der Waals surface area contributed by atoms with Crippen LogP contribution >= 0.6 is 11.8 Å².